The Morgan fingerprint density at radius 1 is 1.07 bits per heavy atom. The Balaban J connectivity index is 1.42. The van der Waals surface area contributed by atoms with E-state index in [-0.39, 0.29) is 16.2 Å². The van der Waals surface area contributed by atoms with Crippen molar-refractivity contribution in [2.45, 2.75) is 70.1 Å². The van der Waals surface area contributed by atoms with Crippen LogP contribution in [0.4, 0.5) is 0 Å². The maximum absolute atomic E-state index is 13.4. The molecule has 0 bridgehead atoms. The summed E-state index contributed by atoms with van der Waals surface area (Å²) >= 11 is 0. The van der Waals surface area contributed by atoms with E-state index in [4.69, 9.17) is 4.74 Å². The van der Waals surface area contributed by atoms with Crippen LogP contribution in [0.25, 0.3) is 10.9 Å². The first-order chi connectivity index (χ1) is 14.1. The van der Waals surface area contributed by atoms with Crippen LogP contribution in [0.2, 0.25) is 0 Å². The predicted molar refractivity (Wildman–Crippen MR) is 122 cm³/mol. The highest BCUT2D eigenvalue weighted by Crippen LogP contribution is 2.52. The summed E-state index contributed by atoms with van der Waals surface area (Å²) in [7, 11) is 0. The minimum absolute atomic E-state index is 0.00848. The summed E-state index contributed by atoms with van der Waals surface area (Å²) in [4.78, 5) is 16.9. The second kappa shape index (κ2) is 6.23. The number of ether oxygens (including phenoxy) is 1. The number of hydrogen-bond acceptors (Lipinski definition) is 2. The third kappa shape index (κ3) is 3.07. The Hall–Kier alpha value is -2.55. The molecule has 0 atom stereocenters. The lowest BCUT2D eigenvalue weighted by Gasteiger charge is -2.19. The van der Waals surface area contributed by atoms with Crippen LogP contribution in [0.15, 0.2) is 42.5 Å². The van der Waals surface area contributed by atoms with Gasteiger partial charge in [0, 0.05) is 34.0 Å². The molecule has 2 heterocycles. The van der Waals surface area contributed by atoms with Crippen molar-refractivity contribution in [1.29, 1.82) is 0 Å². The Bertz CT molecular complexity index is 1160. The van der Waals surface area contributed by atoms with E-state index in [2.05, 4.69) is 82.1 Å². The fourth-order valence-corrected chi connectivity index (χ4v) is 4.72. The van der Waals surface area contributed by atoms with Gasteiger partial charge in [-0.15, -0.1) is 0 Å². The van der Waals surface area contributed by atoms with Crippen molar-refractivity contribution in [3.63, 3.8) is 0 Å². The van der Waals surface area contributed by atoms with Gasteiger partial charge < -0.3 is 9.72 Å². The summed E-state index contributed by atoms with van der Waals surface area (Å²) in [5, 5.41) is 1.19. The van der Waals surface area contributed by atoms with Crippen molar-refractivity contribution < 1.29 is 9.53 Å². The summed E-state index contributed by atoms with van der Waals surface area (Å²) in [6.07, 6.45) is 2.39. The highest BCUT2D eigenvalue weighted by atomic mass is 16.5. The van der Waals surface area contributed by atoms with E-state index < -0.39 is 0 Å². The molecule has 1 aliphatic carbocycles. The monoisotopic (exact) mass is 401 g/mol. The van der Waals surface area contributed by atoms with E-state index in [9.17, 15) is 4.79 Å². The zero-order chi connectivity index (χ0) is 21.3. The van der Waals surface area contributed by atoms with Gasteiger partial charge in [0.1, 0.15) is 11.5 Å². The molecule has 0 amide bonds. The average molecular weight is 402 g/mol. The van der Waals surface area contributed by atoms with Gasteiger partial charge in [-0.05, 0) is 53.6 Å². The molecule has 2 aliphatic rings. The van der Waals surface area contributed by atoms with Crippen LogP contribution >= 0.6 is 0 Å². The first-order valence-corrected chi connectivity index (χ1v) is 11.0. The molecule has 0 radical (unpaired) electrons. The first kappa shape index (κ1) is 19.4. The zero-order valence-corrected chi connectivity index (χ0v) is 18.7. The van der Waals surface area contributed by atoms with Gasteiger partial charge in [0.25, 0.3) is 0 Å². The normalized spacial score (nSPS) is 18.8. The topological polar surface area (TPSA) is 42.1 Å². The van der Waals surface area contributed by atoms with Crippen molar-refractivity contribution >= 4 is 16.7 Å². The van der Waals surface area contributed by atoms with Gasteiger partial charge in [0.05, 0.1) is 12.0 Å². The van der Waals surface area contributed by atoms with E-state index in [1.54, 1.807) is 0 Å². The zero-order valence-electron chi connectivity index (χ0n) is 18.7. The maximum Gasteiger partial charge on any atom is 0.147 e. The molecular weight excluding hydrogens is 370 g/mol. The second-order valence-electron chi connectivity index (χ2n) is 10.9. The van der Waals surface area contributed by atoms with Crippen LogP contribution in [0.3, 0.4) is 0 Å². The molecule has 0 spiro atoms. The van der Waals surface area contributed by atoms with Crippen molar-refractivity contribution in [2.75, 3.05) is 6.61 Å². The summed E-state index contributed by atoms with van der Waals surface area (Å²) in [5.41, 5.74) is 5.65. The molecule has 156 valence electrons. The van der Waals surface area contributed by atoms with Crippen molar-refractivity contribution in [3.05, 3.63) is 64.8 Å². The molecule has 1 aromatic heterocycles. The number of carbonyl (C=O) groups excluding carboxylic acids is 1. The molecule has 30 heavy (non-hydrogen) atoms. The quantitative estimate of drug-likeness (QED) is 0.584. The molecule has 1 fully saturated rings. The number of hydrogen-bond donors (Lipinski definition) is 1. The lowest BCUT2D eigenvalue weighted by Crippen LogP contribution is -2.23. The van der Waals surface area contributed by atoms with Gasteiger partial charge in [0.2, 0.25) is 0 Å². The minimum Gasteiger partial charge on any atom is -0.492 e. The Labute approximate surface area is 178 Å². The van der Waals surface area contributed by atoms with Gasteiger partial charge in [0.15, 0.2) is 0 Å². The SMILES string of the molecule is CC(C)(C)c1cc2cc(CC(=O)C3(c4ccc5c(c4)C(C)(C)CO5)CC3)ccc2[nH]1. The Kier molecular flexibility index (Phi) is 4.03. The number of fused-ring (bicyclic) bond motifs is 2. The van der Waals surface area contributed by atoms with Crippen LogP contribution in [-0.4, -0.2) is 17.4 Å². The molecular formula is C27H31NO2. The van der Waals surface area contributed by atoms with E-state index in [1.165, 1.54) is 22.2 Å². The molecule has 3 nitrogen and oxygen atoms in total. The Morgan fingerprint density at radius 2 is 1.83 bits per heavy atom. The molecule has 0 unspecified atom stereocenters. The second-order valence-corrected chi connectivity index (χ2v) is 10.9. The van der Waals surface area contributed by atoms with Gasteiger partial charge >= 0.3 is 0 Å². The number of carbonyl (C=O) groups is 1. The maximum atomic E-state index is 13.4. The summed E-state index contributed by atoms with van der Waals surface area (Å²) in [6, 6.07) is 15.0. The van der Waals surface area contributed by atoms with Crippen LogP contribution in [-0.2, 0) is 27.5 Å². The van der Waals surface area contributed by atoms with Crippen molar-refractivity contribution in [2.24, 2.45) is 0 Å². The molecule has 1 N–H and O–H groups in total. The third-order valence-corrected chi connectivity index (χ3v) is 6.99. The minimum atomic E-state index is -0.308. The van der Waals surface area contributed by atoms with Gasteiger partial charge in [-0.1, -0.05) is 52.8 Å². The van der Waals surface area contributed by atoms with Crippen molar-refractivity contribution in [1.82, 2.24) is 4.98 Å². The summed E-state index contributed by atoms with van der Waals surface area (Å²) in [6.45, 7) is 11.8. The number of rotatable bonds is 4. The third-order valence-electron chi connectivity index (χ3n) is 6.99. The first-order valence-electron chi connectivity index (χ1n) is 11.0. The molecule has 1 saturated carbocycles. The van der Waals surface area contributed by atoms with Crippen LogP contribution in [0.1, 0.15) is 69.8 Å². The summed E-state index contributed by atoms with van der Waals surface area (Å²) in [5.74, 6) is 1.31. The highest BCUT2D eigenvalue weighted by Gasteiger charge is 2.51. The standard InChI is InChI=1S/C27H31NO2/c1-25(2,3)23-14-18-12-17(6-8-21(18)28-23)13-24(29)27(10-11-27)19-7-9-22-20(15-19)26(4,5)16-30-22/h6-9,12,14-15,28H,10-11,13,16H2,1-5H3. The molecule has 3 aromatic rings. The van der Waals surface area contributed by atoms with E-state index in [0.717, 1.165) is 29.7 Å². The van der Waals surface area contributed by atoms with Crippen LogP contribution < -0.4 is 4.74 Å². The average Bonchev–Trinajstić information content (AvgIpc) is 3.29. The van der Waals surface area contributed by atoms with Gasteiger partial charge in [-0.3, -0.25) is 4.79 Å². The number of Topliss-reactive ketones (excluding diaryl/α,β-unsaturated/α-hetero) is 1. The molecule has 1 aliphatic heterocycles. The molecule has 5 rings (SSSR count). The Morgan fingerprint density at radius 3 is 2.53 bits per heavy atom. The number of H-pyrrole nitrogens is 1. The van der Waals surface area contributed by atoms with Gasteiger partial charge in [-0.2, -0.15) is 0 Å². The van der Waals surface area contributed by atoms with E-state index >= 15 is 0 Å². The highest BCUT2D eigenvalue weighted by molar-refractivity contribution is 5.95. The van der Waals surface area contributed by atoms with E-state index in [0.29, 0.717) is 18.8 Å². The number of benzene rings is 2. The lowest BCUT2D eigenvalue weighted by atomic mass is 9.82. The van der Waals surface area contributed by atoms with Crippen LogP contribution in [0, 0.1) is 0 Å². The number of ketones is 1. The number of aromatic nitrogens is 1. The molecule has 2 aromatic carbocycles. The number of aromatic amines is 1. The fraction of sp³-hybridized carbons (Fsp3) is 0.444. The predicted octanol–water partition coefficient (Wildman–Crippen LogP) is 5.98. The summed E-state index contributed by atoms with van der Waals surface area (Å²) < 4.78 is 5.84. The van der Waals surface area contributed by atoms with Crippen LogP contribution in [0.5, 0.6) is 5.75 Å². The van der Waals surface area contributed by atoms with E-state index in [1.807, 2.05) is 0 Å². The number of nitrogens with one attached hydrogen (secondary N) is 1. The van der Waals surface area contributed by atoms with Crippen molar-refractivity contribution in [3.8, 4) is 5.75 Å². The largest absolute Gasteiger partial charge is 0.492 e. The van der Waals surface area contributed by atoms with Gasteiger partial charge in [-0.25, -0.2) is 0 Å². The fourth-order valence-electron chi connectivity index (χ4n) is 4.72. The smallest absolute Gasteiger partial charge is 0.147 e. The molecule has 0 saturated heterocycles. The molecule has 3 heteroatoms. The lowest BCUT2D eigenvalue weighted by molar-refractivity contribution is -0.120.